The van der Waals surface area contributed by atoms with Gasteiger partial charge >= 0.3 is 21.1 Å². The molecule has 0 aliphatic rings. The first-order valence-corrected chi connectivity index (χ1v) is 8.87. The van der Waals surface area contributed by atoms with E-state index in [-0.39, 0.29) is 30.9 Å². The average Bonchev–Trinajstić information content (AvgIpc) is 2.38. The van der Waals surface area contributed by atoms with Gasteiger partial charge in [-0.3, -0.25) is 0 Å². The van der Waals surface area contributed by atoms with Crippen molar-refractivity contribution in [2.45, 2.75) is 23.6 Å². The molecular weight excluding hydrogens is 523 g/mol. The summed E-state index contributed by atoms with van der Waals surface area (Å²) in [5, 5.41) is 0. The van der Waals surface area contributed by atoms with Crippen LogP contribution in [-0.2, 0) is 41.3 Å². The third-order valence-corrected chi connectivity index (χ3v) is 4.32. The van der Waals surface area contributed by atoms with Crippen LogP contribution in [0.2, 0.25) is 0 Å². The second-order valence-electron chi connectivity index (χ2n) is 4.53. The number of hydrogen-bond acceptors (Lipinski definition) is 6. The number of benzene rings is 2. The first-order valence-electron chi connectivity index (χ1n) is 6.05. The Bertz CT molecular complexity index is 752. The van der Waals surface area contributed by atoms with Gasteiger partial charge < -0.3 is 9.11 Å². The van der Waals surface area contributed by atoms with Crippen LogP contribution in [0.1, 0.15) is 11.1 Å². The van der Waals surface area contributed by atoms with Gasteiger partial charge in [-0.25, -0.2) is 16.8 Å². The maximum absolute atomic E-state index is 10.4. The van der Waals surface area contributed by atoms with Crippen LogP contribution >= 0.6 is 0 Å². The molecule has 2 aromatic rings. The van der Waals surface area contributed by atoms with Gasteiger partial charge in [-0.15, -0.1) is 0 Å². The fraction of sp³-hybridized carbons (Fsp3) is 0.143. The molecular formula is C14H14O6PtS2. The van der Waals surface area contributed by atoms with Crippen molar-refractivity contribution < 1.29 is 47.0 Å². The van der Waals surface area contributed by atoms with E-state index in [2.05, 4.69) is 0 Å². The quantitative estimate of drug-likeness (QED) is 0.540. The molecule has 0 aliphatic carbocycles. The van der Waals surface area contributed by atoms with Crippen molar-refractivity contribution in [1.29, 1.82) is 0 Å². The van der Waals surface area contributed by atoms with Crippen LogP contribution in [0.4, 0.5) is 0 Å². The van der Waals surface area contributed by atoms with Crippen molar-refractivity contribution in [3.63, 3.8) is 0 Å². The molecule has 0 heterocycles. The molecule has 0 unspecified atom stereocenters. The Morgan fingerprint density at radius 1 is 0.609 bits per heavy atom. The Labute approximate surface area is 150 Å². The third-order valence-electron chi connectivity index (χ3n) is 2.62. The van der Waals surface area contributed by atoms with Gasteiger partial charge in [-0.1, -0.05) is 35.4 Å². The minimum absolute atomic E-state index is 0. The zero-order valence-electron chi connectivity index (χ0n) is 12.2. The van der Waals surface area contributed by atoms with E-state index in [1.54, 1.807) is 24.3 Å². The first-order chi connectivity index (χ1) is 10.00. The largest absolute Gasteiger partial charge is 2.00 e. The second kappa shape index (κ2) is 8.70. The summed E-state index contributed by atoms with van der Waals surface area (Å²) in [7, 11) is -8.54. The Morgan fingerprint density at radius 3 is 1.00 bits per heavy atom. The Kier molecular flexibility index (Phi) is 8.31. The van der Waals surface area contributed by atoms with E-state index in [4.69, 9.17) is 0 Å². The van der Waals surface area contributed by atoms with Crippen LogP contribution in [0.3, 0.4) is 0 Å². The van der Waals surface area contributed by atoms with Gasteiger partial charge in [0.25, 0.3) is 0 Å². The average molecular weight is 537 g/mol. The predicted molar refractivity (Wildman–Crippen MR) is 78.3 cm³/mol. The van der Waals surface area contributed by atoms with E-state index in [1.807, 2.05) is 13.8 Å². The van der Waals surface area contributed by atoms with Gasteiger partial charge in [0, 0.05) is 0 Å². The molecule has 9 heteroatoms. The van der Waals surface area contributed by atoms with E-state index in [9.17, 15) is 25.9 Å². The van der Waals surface area contributed by atoms with Gasteiger partial charge in [0.1, 0.15) is 20.2 Å². The van der Waals surface area contributed by atoms with Crippen LogP contribution in [-0.4, -0.2) is 25.9 Å². The van der Waals surface area contributed by atoms with Crippen LogP contribution < -0.4 is 0 Å². The summed E-state index contributed by atoms with van der Waals surface area (Å²) in [6, 6.07) is 11.6. The molecule has 128 valence electrons. The van der Waals surface area contributed by atoms with Gasteiger partial charge in [-0.05, 0) is 38.1 Å². The molecule has 0 atom stereocenters. The molecule has 0 aromatic heterocycles. The standard InChI is InChI=1S/2C7H8O3S.Pt/c2*1-6-2-4-7(5-3-6)11(8,9)10;/h2*2-5H,1H3,(H,8,9,10);/q;;+2/p-2. The van der Waals surface area contributed by atoms with Crippen LogP contribution in [0.5, 0.6) is 0 Å². The Balaban J connectivity index is 0.000000403. The van der Waals surface area contributed by atoms with Crippen molar-refractivity contribution in [2.24, 2.45) is 0 Å². The molecule has 2 aromatic carbocycles. The molecule has 0 saturated carbocycles. The first kappa shape index (κ1) is 21.9. The summed E-state index contributed by atoms with van der Waals surface area (Å²) in [4.78, 5) is -0.355. The van der Waals surface area contributed by atoms with Crippen molar-refractivity contribution in [3.05, 3.63) is 59.7 Å². The second-order valence-corrected chi connectivity index (χ2v) is 7.29. The third kappa shape index (κ3) is 7.85. The zero-order chi connectivity index (χ0) is 17.0. The van der Waals surface area contributed by atoms with Crippen LogP contribution in [0.15, 0.2) is 58.3 Å². The fourth-order valence-corrected chi connectivity index (χ4v) is 2.35. The summed E-state index contributed by atoms with van der Waals surface area (Å²) >= 11 is 0. The molecule has 0 amide bonds. The molecule has 0 fully saturated rings. The molecule has 0 N–H and O–H groups in total. The summed E-state index contributed by atoms with van der Waals surface area (Å²) < 4.78 is 62.3. The molecule has 0 aliphatic heterocycles. The van der Waals surface area contributed by atoms with E-state index in [1.165, 1.54) is 24.3 Å². The normalized spacial score (nSPS) is 11.0. The monoisotopic (exact) mass is 537 g/mol. The SMILES string of the molecule is Cc1ccc(S(=O)(=O)[O-])cc1.Cc1ccc(S(=O)(=O)[O-])cc1.[Pt+2]. The predicted octanol–water partition coefficient (Wildman–Crippen LogP) is 1.80. The molecule has 2 rings (SSSR count). The Hall–Kier alpha value is -1.05. The molecule has 0 bridgehead atoms. The van der Waals surface area contributed by atoms with Crippen LogP contribution in [0.25, 0.3) is 0 Å². The van der Waals surface area contributed by atoms with Gasteiger partial charge in [0.2, 0.25) is 0 Å². The van der Waals surface area contributed by atoms with Crippen molar-refractivity contribution >= 4 is 20.2 Å². The number of aryl methyl sites for hydroxylation is 2. The smallest absolute Gasteiger partial charge is 0.744 e. The maximum atomic E-state index is 10.4. The minimum atomic E-state index is -4.27. The summed E-state index contributed by atoms with van der Waals surface area (Å²) in [6.07, 6.45) is 0. The van der Waals surface area contributed by atoms with Gasteiger partial charge in [0.05, 0.1) is 9.79 Å². The summed E-state index contributed by atoms with van der Waals surface area (Å²) in [5.74, 6) is 0. The van der Waals surface area contributed by atoms with Crippen molar-refractivity contribution in [2.75, 3.05) is 0 Å². The van der Waals surface area contributed by atoms with Crippen molar-refractivity contribution in [3.8, 4) is 0 Å². The van der Waals surface area contributed by atoms with Crippen LogP contribution in [0, 0.1) is 13.8 Å². The molecule has 6 nitrogen and oxygen atoms in total. The van der Waals surface area contributed by atoms with E-state index >= 15 is 0 Å². The summed E-state index contributed by atoms with van der Waals surface area (Å²) in [5.41, 5.74) is 1.86. The summed E-state index contributed by atoms with van der Waals surface area (Å²) in [6.45, 7) is 3.64. The van der Waals surface area contributed by atoms with Gasteiger partial charge in [-0.2, -0.15) is 0 Å². The topological polar surface area (TPSA) is 114 Å². The minimum Gasteiger partial charge on any atom is -0.744 e. The molecule has 23 heavy (non-hydrogen) atoms. The Morgan fingerprint density at radius 2 is 0.826 bits per heavy atom. The van der Waals surface area contributed by atoms with Crippen molar-refractivity contribution in [1.82, 2.24) is 0 Å². The molecule has 0 radical (unpaired) electrons. The van der Waals surface area contributed by atoms with E-state index in [0.717, 1.165) is 11.1 Å². The zero-order valence-corrected chi connectivity index (χ0v) is 16.1. The number of rotatable bonds is 2. The molecule has 0 saturated heterocycles. The molecule has 0 spiro atoms. The fourth-order valence-electron chi connectivity index (χ4n) is 1.41. The van der Waals surface area contributed by atoms with E-state index in [0.29, 0.717) is 0 Å². The van der Waals surface area contributed by atoms with E-state index < -0.39 is 20.2 Å². The number of hydrogen-bond donors (Lipinski definition) is 0. The van der Waals surface area contributed by atoms with Gasteiger partial charge in [0.15, 0.2) is 0 Å². The maximum Gasteiger partial charge on any atom is 2.00 e.